The van der Waals surface area contributed by atoms with Crippen molar-refractivity contribution in [3.8, 4) is 0 Å². The lowest BCUT2D eigenvalue weighted by molar-refractivity contribution is -0.147. The summed E-state index contributed by atoms with van der Waals surface area (Å²) in [7, 11) is 2.97. The van der Waals surface area contributed by atoms with E-state index in [0.717, 1.165) is 0 Å². The molecule has 2 aliphatic rings. The van der Waals surface area contributed by atoms with Crippen LogP contribution in [0.5, 0.6) is 0 Å². The highest BCUT2D eigenvalue weighted by molar-refractivity contribution is 8.76. The number of rotatable bonds is 1. The molecule has 4 N–H and O–H groups in total. The summed E-state index contributed by atoms with van der Waals surface area (Å²) < 4.78 is 5.45. The Bertz CT molecular complexity index is 1030. The fourth-order valence-corrected chi connectivity index (χ4v) is 5.71. The number of para-hydroxylation sites is 1. The van der Waals surface area contributed by atoms with Crippen molar-refractivity contribution >= 4 is 56.9 Å². The van der Waals surface area contributed by atoms with Crippen molar-refractivity contribution < 1.29 is 28.7 Å². The van der Waals surface area contributed by atoms with Crippen LogP contribution >= 0.6 is 21.6 Å². The third-order valence-corrected chi connectivity index (χ3v) is 7.87. The number of amides is 4. The molecule has 0 saturated heterocycles. The van der Waals surface area contributed by atoms with Crippen LogP contribution in [0.15, 0.2) is 36.4 Å². The first-order chi connectivity index (χ1) is 17.2. The Hall–Kier alpha value is -2.99. The number of carbonyl (C=O) groups is 5. The summed E-state index contributed by atoms with van der Waals surface area (Å²) in [5, 5.41) is 10.7. The van der Waals surface area contributed by atoms with Gasteiger partial charge in [0.25, 0.3) is 5.91 Å². The molecule has 3 rings (SSSR count). The number of carbonyl (C=O) groups excluding carboxylic acids is 5. The van der Waals surface area contributed by atoms with Gasteiger partial charge in [0, 0.05) is 11.5 Å². The van der Waals surface area contributed by atoms with Crippen molar-refractivity contribution in [2.75, 3.05) is 23.4 Å². The number of allylic oxidation sites excluding steroid dienone is 1. The number of fused-ring (bicyclic) bond motifs is 8. The molecule has 1 aromatic carbocycles. The molecule has 2 aliphatic heterocycles. The molecular weight excluding hydrogens is 504 g/mol. The van der Waals surface area contributed by atoms with Gasteiger partial charge < -0.3 is 26.0 Å². The highest BCUT2D eigenvalue weighted by Gasteiger charge is 2.30. The number of anilines is 1. The molecule has 36 heavy (non-hydrogen) atoms. The molecule has 0 unspecified atom stereocenters. The molecule has 2 bridgehead atoms. The lowest BCUT2D eigenvalue weighted by atomic mass is 10.0. The van der Waals surface area contributed by atoms with Crippen LogP contribution in [0.3, 0.4) is 0 Å². The molecule has 10 nitrogen and oxygen atoms in total. The molecule has 2 heterocycles. The summed E-state index contributed by atoms with van der Waals surface area (Å²) >= 11 is 0. The molecule has 0 saturated carbocycles. The molecule has 194 valence electrons. The van der Waals surface area contributed by atoms with Crippen molar-refractivity contribution in [2.45, 2.75) is 44.9 Å². The van der Waals surface area contributed by atoms with Crippen molar-refractivity contribution in [2.24, 2.45) is 5.92 Å². The third-order valence-electron chi connectivity index (χ3n) is 5.43. The van der Waals surface area contributed by atoms with Gasteiger partial charge in [-0.05, 0) is 30.5 Å². The van der Waals surface area contributed by atoms with Gasteiger partial charge in [-0.25, -0.2) is 0 Å². The molecule has 4 amide bonds. The van der Waals surface area contributed by atoms with E-state index in [-0.39, 0.29) is 29.3 Å². The molecule has 0 radical (unpaired) electrons. The zero-order valence-corrected chi connectivity index (χ0v) is 21.7. The number of benzene rings is 1. The minimum absolute atomic E-state index is 0.157. The van der Waals surface area contributed by atoms with Crippen molar-refractivity contribution in [3.63, 3.8) is 0 Å². The maximum absolute atomic E-state index is 13.2. The van der Waals surface area contributed by atoms with E-state index in [0.29, 0.717) is 12.2 Å². The lowest BCUT2D eigenvalue weighted by Gasteiger charge is -2.25. The Labute approximate surface area is 217 Å². The van der Waals surface area contributed by atoms with Crippen molar-refractivity contribution in [3.05, 3.63) is 42.0 Å². The van der Waals surface area contributed by atoms with Gasteiger partial charge in [0.05, 0.1) is 17.7 Å². The van der Waals surface area contributed by atoms with E-state index in [1.165, 1.54) is 27.7 Å². The third kappa shape index (κ3) is 8.02. The van der Waals surface area contributed by atoms with Crippen LogP contribution in [0.1, 0.15) is 37.0 Å². The molecular formula is C24H30N4O6S2. The van der Waals surface area contributed by atoms with Crippen molar-refractivity contribution in [1.29, 1.82) is 0 Å². The molecule has 0 fully saturated rings. The smallest absolute Gasteiger partial charge is 0.326 e. The molecule has 0 aliphatic carbocycles. The predicted molar refractivity (Wildman–Crippen MR) is 139 cm³/mol. The van der Waals surface area contributed by atoms with Gasteiger partial charge in [0.2, 0.25) is 17.7 Å². The minimum atomic E-state index is -0.918. The minimum Gasteiger partial charge on any atom is -0.456 e. The summed E-state index contributed by atoms with van der Waals surface area (Å²) in [5.41, 5.74) is 0.398. The summed E-state index contributed by atoms with van der Waals surface area (Å²) in [6.45, 7) is 3.15. The van der Waals surface area contributed by atoms with Crippen molar-refractivity contribution in [1.82, 2.24) is 16.0 Å². The molecule has 3 atom stereocenters. The largest absolute Gasteiger partial charge is 0.456 e. The van der Waals surface area contributed by atoms with E-state index in [2.05, 4.69) is 21.3 Å². The van der Waals surface area contributed by atoms with Crippen LogP contribution in [0, 0.1) is 5.92 Å². The van der Waals surface area contributed by atoms with Gasteiger partial charge in [0.1, 0.15) is 24.7 Å². The average molecular weight is 535 g/mol. The second kappa shape index (κ2) is 13.4. The number of nitrogens with one attached hydrogen (secondary N) is 4. The summed E-state index contributed by atoms with van der Waals surface area (Å²) in [6, 6.07) is 4.56. The van der Waals surface area contributed by atoms with E-state index in [1.807, 2.05) is 6.08 Å². The van der Waals surface area contributed by atoms with Crippen LogP contribution in [0.4, 0.5) is 5.69 Å². The lowest BCUT2D eigenvalue weighted by Crippen LogP contribution is -2.55. The number of esters is 1. The highest BCUT2D eigenvalue weighted by Crippen LogP contribution is 2.24. The Balaban J connectivity index is 2.02. The van der Waals surface area contributed by atoms with Crippen LogP contribution in [-0.4, -0.2) is 65.8 Å². The number of ether oxygens (including phenoxy) is 1. The fourth-order valence-electron chi connectivity index (χ4n) is 3.55. The summed E-state index contributed by atoms with van der Waals surface area (Å²) in [6.07, 6.45) is 3.05. The molecule has 12 heteroatoms. The Morgan fingerprint density at radius 2 is 1.78 bits per heavy atom. The van der Waals surface area contributed by atoms with Gasteiger partial charge in [-0.3, -0.25) is 24.0 Å². The predicted octanol–water partition coefficient (Wildman–Crippen LogP) is 1.64. The fraction of sp³-hybridized carbons (Fsp3) is 0.458. The quantitative estimate of drug-likeness (QED) is 0.242. The van der Waals surface area contributed by atoms with Gasteiger partial charge in [0.15, 0.2) is 0 Å². The van der Waals surface area contributed by atoms with Gasteiger partial charge in [-0.2, -0.15) is 0 Å². The zero-order chi connectivity index (χ0) is 26.1. The van der Waals surface area contributed by atoms with E-state index in [1.54, 1.807) is 38.1 Å². The first-order valence-corrected chi connectivity index (χ1v) is 14.1. The van der Waals surface area contributed by atoms with Crippen LogP contribution in [0.2, 0.25) is 0 Å². The SMILES string of the molecule is CC(C)[C@H]1NC(=O)C[C@H]2/C=C/CCSSC[C@@H](NC1=O)C(=O)Nc1ccccc1C(=O)NCC(=O)O2. The molecule has 0 spiro atoms. The molecule has 1 aromatic rings. The second-order valence-corrected chi connectivity index (χ2v) is 11.3. The monoisotopic (exact) mass is 534 g/mol. The number of hydrogen-bond acceptors (Lipinski definition) is 8. The maximum Gasteiger partial charge on any atom is 0.326 e. The van der Waals surface area contributed by atoms with E-state index < -0.39 is 54.3 Å². The summed E-state index contributed by atoms with van der Waals surface area (Å²) in [5.74, 6) is -2.06. The van der Waals surface area contributed by atoms with E-state index in [9.17, 15) is 24.0 Å². The normalized spacial score (nSPS) is 25.8. The van der Waals surface area contributed by atoms with Gasteiger partial charge >= 0.3 is 5.97 Å². The highest BCUT2D eigenvalue weighted by atomic mass is 33.1. The second-order valence-electron chi connectivity index (χ2n) is 8.62. The van der Waals surface area contributed by atoms with Crippen LogP contribution in [0.25, 0.3) is 0 Å². The zero-order valence-electron chi connectivity index (χ0n) is 20.1. The first kappa shape index (κ1) is 27.6. The maximum atomic E-state index is 13.2. The van der Waals surface area contributed by atoms with Gasteiger partial charge in [-0.1, -0.05) is 53.6 Å². The van der Waals surface area contributed by atoms with Crippen LogP contribution < -0.4 is 21.3 Å². The molecule has 0 aromatic heterocycles. The number of hydrogen-bond donors (Lipinski definition) is 4. The summed E-state index contributed by atoms with van der Waals surface area (Å²) in [4.78, 5) is 64.5. The Kier molecular flexibility index (Phi) is 10.2. The average Bonchev–Trinajstić information content (AvgIpc) is 2.83. The standard InChI is InChI=1S/C24H30N4O6S2/c1-14(2)21-24(33)27-18-13-36-35-10-6-5-7-15(11-19(29)28-21)34-20(30)12-25-22(31)16-8-3-4-9-17(16)26-23(18)32/h3-5,7-9,14-15,18,21H,6,10-13H2,1-2H3,(H,25,31)(H,26,32)(H,27,33)(H,28,29)/b7-5+/t15-,18-,21-/m1/s1. The van der Waals surface area contributed by atoms with E-state index >= 15 is 0 Å². The van der Waals surface area contributed by atoms with E-state index in [4.69, 9.17) is 4.74 Å². The first-order valence-electron chi connectivity index (χ1n) is 11.6. The van der Waals surface area contributed by atoms with Crippen LogP contribution in [-0.2, 0) is 23.9 Å². The topological polar surface area (TPSA) is 143 Å². The Morgan fingerprint density at radius 3 is 2.56 bits per heavy atom. The Morgan fingerprint density at radius 1 is 1.00 bits per heavy atom. The van der Waals surface area contributed by atoms with Gasteiger partial charge in [-0.15, -0.1) is 0 Å².